The number of carbonyl (C=O) groups is 2. The molecular weight excluding hydrogens is 422 g/mol. The third-order valence-electron chi connectivity index (χ3n) is 4.92. The van der Waals surface area contributed by atoms with Gasteiger partial charge in [0.2, 0.25) is 15.9 Å². The average molecular weight is 448 g/mol. The van der Waals surface area contributed by atoms with Crippen molar-refractivity contribution in [3.05, 3.63) is 47.4 Å². The van der Waals surface area contributed by atoms with Crippen molar-refractivity contribution in [2.45, 2.75) is 44.6 Å². The molecule has 1 aromatic heterocycles. The second kappa shape index (κ2) is 9.44. The summed E-state index contributed by atoms with van der Waals surface area (Å²) in [5.74, 6) is -0.626. The average Bonchev–Trinajstić information content (AvgIpc) is 3.35. The van der Waals surface area contributed by atoms with Crippen molar-refractivity contribution in [3.8, 4) is 0 Å². The van der Waals surface area contributed by atoms with E-state index >= 15 is 0 Å². The van der Waals surface area contributed by atoms with Crippen molar-refractivity contribution in [1.82, 2.24) is 9.46 Å². The SMILES string of the molecule is CCOC(=O)/C=C/c1ccc(NC(=O)[C@@H]2CCCN2S(=O)(=O)c2c(C)noc2C)cc1. The summed E-state index contributed by atoms with van der Waals surface area (Å²) in [4.78, 5) is 24.3. The first-order valence-corrected chi connectivity index (χ1v) is 11.4. The molecule has 0 aliphatic carbocycles. The van der Waals surface area contributed by atoms with Crippen LogP contribution in [0.3, 0.4) is 0 Å². The lowest BCUT2D eigenvalue weighted by Gasteiger charge is -2.23. The quantitative estimate of drug-likeness (QED) is 0.512. The van der Waals surface area contributed by atoms with E-state index in [1.165, 1.54) is 17.3 Å². The Morgan fingerprint density at radius 3 is 2.61 bits per heavy atom. The molecule has 1 aliphatic rings. The molecule has 3 rings (SSSR count). The lowest BCUT2D eigenvalue weighted by Crippen LogP contribution is -2.43. The van der Waals surface area contributed by atoms with E-state index in [0.29, 0.717) is 25.1 Å². The number of aryl methyl sites for hydroxylation is 2. The van der Waals surface area contributed by atoms with Crippen LogP contribution in [0, 0.1) is 13.8 Å². The molecule has 9 nitrogen and oxygen atoms in total. The van der Waals surface area contributed by atoms with Gasteiger partial charge in [-0.25, -0.2) is 13.2 Å². The zero-order valence-electron chi connectivity index (χ0n) is 17.6. The van der Waals surface area contributed by atoms with E-state index < -0.39 is 27.9 Å². The molecular formula is C21H25N3O6S. The van der Waals surface area contributed by atoms with Gasteiger partial charge in [-0.15, -0.1) is 0 Å². The van der Waals surface area contributed by atoms with E-state index in [1.54, 1.807) is 44.2 Å². The molecule has 1 aromatic carbocycles. The summed E-state index contributed by atoms with van der Waals surface area (Å²) in [6.07, 6.45) is 3.94. The molecule has 0 bridgehead atoms. The third-order valence-corrected chi connectivity index (χ3v) is 7.07. The molecule has 0 radical (unpaired) electrons. The van der Waals surface area contributed by atoms with Gasteiger partial charge in [-0.2, -0.15) is 4.31 Å². The van der Waals surface area contributed by atoms with Gasteiger partial charge < -0.3 is 14.6 Å². The molecule has 2 aromatic rings. The monoisotopic (exact) mass is 447 g/mol. The number of nitrogens with one attached hydrogen (secondary N) is 1. The summed E-state index contributed by atoms with van der Waals surface area (Å²) in [5, 5.41) is 6.49. The highest BCUT2D eigenvalue weighted by Gasteiger charge is 2.41. The number of anilines is 1. The van der Waals surface area contributed by atoms with Gasteiger partial charge in [0.1, 0.15) is 16.6 Å². The normalized spacial score (nSPS) is 17.2. The molecule has 166 valence electrons. The molecule has 10 heteroatoms. The molecule has 0 saturated carbocycles. The molecule has 1 N–H and O–H groups in total. The second-order valence-electron chi connectivity index (χ2n) is 7.12. The lowest BCUT2D eigenvalue weighted by molar-refractivity contribution is -0.137. The number of sulfonamides is 1. The Bertz CT molecular complexity index is 1070. The van der Waals surface area contributed by atoms with Crippen LogP contribution >= 0.6 is 0 Å². The molecule has 2 heterocycles. The maximum absolute atomic E-state index is 13.1. The minimum atomic E-state index is -3.91. The molecule has 1 fully saturated rings. The molecule has 1 amide bonds. The van der Waals surface area contributed by atoms with Crippen molar-refractivity contribution in [2.24, 2.45) is 0 Å². The number of esters is 1. The number of nitrogens with zero attached hydrogens (tertiary/aromatic N) is 2. The highest BCUT2D eigenvalue weighted by molar-refractivity contribution is 7.89. The molecule has 0 unspecified atom stereocenters. The van der Waals surface area contributed by atoms with Crippen molar-refractivity contribution in [3.63, 3.8) is 0 Å². The first-order valence-electron chi connectivity index (χ1n) is 9.94. The van der Waals surface area contributed by atoms with Crippen LogP contribution < -0.4 is 5.32 Å². The minimum Gasteiger partial charge on any atom is -0.463 e. The zero-order valence-corrected chi connectivity index (χ0v) is 18.4. The number of amides is 1. The van der Waals surface area contributed by atoms with Crippen LogP contribution in [0.25, 0.3) is 6.08 Å². The topological polar surface area (TPSA) is 119 Å². The number of hydrogen-bond acceptors (Lipinski definition) is 7. The number of benzene rings is 1. The Morgan fingerprint density at radius 1 is 1.29 bits per heavy atom. The summed E-state index contributed by atoms with van der Waals surface area (Å²) in [6, 6.07) is 6.02. The largest absolute Gasteiger partial charge is 0.463 e. The number of carbonyl (C=O) groups excluding carboxylic acids is 2. The molecule has 31 heavy (non-hydrogen) atoms. The van der Waals surface area contributed by atoms with Gasteiger partial charge in [-0.05, 0) is 57.4 Å². The molecule has 1 saturated heterocycles. The van der Waals surface area contributed by atoms with Crippen LogP contribution in [0.4, 0.5) is 5.69 Å². The predicted octanol–water partition coefficient (Wildman–Crippen LogP) is 2.66. The summed E-state index contributed by atoms with van der Waals surface area (Å²) in [7, 11) is -3.91. The van der Waals surface area contributed by atoms with E-state index in [9.17, 15) is 18.0 Å². The number of hydrogen-bond donors (Lipinski definition) is 1. The Balaban J connectivity index is 1.71. The van der Waals surface area contributed by atoms with Gasteiger partial charge in [0.25, 0.3) is 0 Å². The second-order valence-corrected chi connectivity index (χ2v) is 8.95. The maximum Gasteiger partial charge on any atom is 0.330 e. The third kappa shape index (κ3) is 5.02. The Hall–Kier alpha value is -2.98. The van der Waals surface area contributed by atoms with Crippen molar-refractivity contribution >= 4 is 33.7 Å². The summed E-state index contributed by atoms with van der Waals surface area (Å²) in [6.45, 7) is 5.39. The fourth-order valence-corrected chi connectivity index (χ4v) is 5.46. The highest BCUT2D eigenvalue weighted by Crippen LogP contribution is 2.30. The molecule has 1 aliphatic heterocycles. The Morgan fingerprint density at radius 2 is 2.00 bits per heavy atom. The van der Waals surface area contributed by atoms with Gasteiger partial charge in [0, 0.05) is 18.3 Å². The fourth-order valence-electron chi connectivity index (χ4n) is 3.51. The summed E-state index contributed by atoms with van der Waals surface area (Å²) < 4.78 is 37.3. The highest BCUT2D eigenvalue weighted by atomic mass is 32.2. The van der Waals surface area contributed by atoms with Crippen molar-refractivity contribution in [2.75, 3.05) is 18.5 Å². The number of rotatable bonds is 7. The predicted molar refractivity (Wildman–Crippen MR) is 114 cm³/mol. The minimum absolute atomic E-state index is 0.0185. The first kappa shape index (κ1) is 22.7. The van der Waals surface area contributed by atoms with Crippen LogP contribution in [-0.4, -0.2) is 48.9 Å². The van der Waals surface area contributed by atoms with Crippen LogP contribution in [-0.2, 0) is 24.3 Å². The smallest absolute Gasteiger partial charge is 0.330 e. The maximum atomic E-state index is 13.1. The van der Waals surface area contributed by atoms with E-state index in [0.717, 1.165) is 5.56 Å². The van der Waals surface area contributed by atoms with E-state index in [-0.39, 0.29) is 22.9 Å². The van der Waals surface area contributed by atoms with Crippen LogP contribution in [0.5, 0.6) is 0 Å². The summed E-state index contributed by atoms with van der Waals surface area (Å²) >= 11 is 0. The molecule has 0 spiro atoms. The van der Waals surface area contributed by atoms with Crippen molar-refractivity contribution < 1.29 is 27.3 Å². The van der Waals surface area contributed by atoms with E-state index in [2.05, 4.69) is 10.5 Å². The lowest BCUT2D eigenvalue weighted by atomic mass is 10.1. The molecule has 1 atom stereocenters. The van der Waals surface area contributed by atoms with Crippen molar-refractivity contribution in [1.29, 1.82) is 0 Å². The van der Waals surface area contributed by atoms with Crippen LogP contribution in [0.1, 0.15) is 36.8 Å². The van der Waals surface area contributed by atoms with Crippen LogP contribution in [0.2, 0.25) is 0 Å². The van der Waals surface area contributed by atoms with Gasteiger partial charge in [-0.3, -0.25) is 4.79 Å². The van der Waals surface area contributed by atoms with Gasteiger partial charge in [0.05, 0.1) is 6.61 Å². The van der Waals surface area contributed by atoms with Crippen LogP contribution in [0.15, 0.2) is 39.8 Å². The Labute approximate surface area is 181 Å². The zero-order chi connectivity index (χ0) is 22.6. The number of aromatic nitrogens is 1. The van der Waals surface area contributed by atoms with Gasteiger partial charge in [0.15, 0.2) is 5.76 Å². The van der Waals surface area contributed by atoms with E-state index in [1.807, 2.05) is 0 Å². The Kier molecular flexibility index (Phi) is 6.91. The van der Waals surface area contributed by atoms with Gasteiger partial charge >= 0.3 is 5.97 Å². The summed E-state index contributed by atoms with van der Waals surface area (Å²) in [5.41, 5.74) is 1.56. The number of ether oxygens (including phenoxy) is 1. The fraction of sp³-hybridized carbons (Fsp3) is 0.381. The standard InChI is InChI=1S/C21H25N3O6S/c1-4-29-19(25)12-9-16-7-10-17(11-8-16)22-21(26)18-6-5-13-24(18)31(27,28)20-14(2)23-30-15(20)3/h7-12,18H,4-6,13H2,1-3H3,(H,22,26)/b12-9+/t18-/m0/s1. The van der Waals surface area contributed by atoms with E-state index in [4.69, 9.17) is 9.26 Å². The first-order chi connectivity index (χ1) is 14.7. The van der Waals surface area contributed by atoms with Gasteiger partial charge in [-0.1, -0.05) is 17.3 Å².